The van der Waals surface area contributed by atoms with Crippen molar-refractivity contribution in [3.63, 3.8) is 0 Å². The lowest BCUT2D eigenvalue weighted by Gasteiger charge is -2.40. The molecule has 34 heavy (non-hydrogen) atoms. The van der Waals surface area contributed by atoms with Crippen LogP contribution in [0.1, 0.15) is 41.3 Å². The summed E-state index contributed by atoms with van der Waals surface area (Å²) in [5, 5.41) is 0. The third kappa shape index (κ3) is 5.18. The number of carbonyl (C=O) groups is 1. The van der Waals surface area contributed by atoms with E-state index in [4.69, 9.17) is 4.74 Å². The highest BCUT2D eigenvalue weighted by molar-refractivity contribution is 6.00. The fraction of sp³-hybridized carbons (Fsp3) is 0.360. The van der Waals surface area contributed by atoms with Crippen molar-refractivity contribution in [2.75, 3.05) is 13.2 Å². The Balaban J connectivity index is 1.56. The molecule has 1 aromatic carbocycles. The summed E-state index contributed by atoms with van der Waals surface area (Å²) in [6, 6.07) is 9.17. The first-order chi connectivity index (χ1) is 16.2. The number of aryl methyl sites for hydroxylation is 1. The lowest BCUT2D eigenvalue weighted by molar-refractivity contribution is -0.137. The van der Waals surface area contributed by atoms with Crippen molar-refractivity contribution >= 4 is 5.91 Å². The second-order valence-corrected chi connectivity index (χ2v) is 8.50. The van der Waals surface area contributed by atoms with Gasteiger partial charge in [0, 0.05) is 36.8 Å². The van der Waals surface area contributed by atoms with Crippen molar-refractivity contribution < 1.29 is 22.7 Å². The zero-order valence-electron chi connectivity index (χ0n) is 18.9. The Kier molecular flexibility index (Phi) is 6.81. The molecule has 0 spiro atoms. The van der Waals surface area contributed by atoms with Gasteiger partial charge in [-0.2, -0.15) is 13.2 Å². The Morgan fingerprint density at radius 1 is 1.15 bits per heavy atom. The Bertz CT molecular complexity index is 1140. The van der Waals surface area contributed by atoms with Crippen molar-refractivity contribution in [1.29, 1.82) is 0 Å². The van der Waals surface area contributed by atoms with Gasteiger partial charge < -0.3 is 9.64 Å². The van der Waals surface area contributed by atoms with Gasteiger partial charge in [0.05, 0.1) is 17.2 Å². The van der Waals surface area contributed by atoms with Crippen LogP contribution >= 0.6 is 0 Å². The molecule has 0 bridgehead atoms. The standard InChI is InChI=1S/C25H25F3N4O2/c1-16-6-8-19(20(13-16)23-29-10-4-11-30-23)24(33)32-12-3-5-17(2)21(32)15-34-22-9-7-18(14-31-22)25(26,27)28/h4,6-11,13-14,17,21H,3,5,12,15H2,1-2H3/t17-,21-/m1/s1. The molecule has 3 aromatic rings. The maximum Gasteiger partial charge on any atom is 0.417 e. The van der Waals surface area contributed by atoms with Crippen LogP contribution in [0.5, 0.6) is 5.88 Å². The molecular formula is C25H25F3N4O2. The lowest BCUT2D eigenvalue weighted by atomic mass is 9.90. The van der Waals surface area contributed by atoms with E-state index in [2.05, 4.69) is 15.0 Å². The minimum atomic E-state index is -4.46. The van der Waals surface area contributed by atoms with Gasteiger partial charge in [0.25, 0.3) is 5.91 Å². The van der Waals surface area contributed by atoms with Crippen LogP contribution in [0, 0.1) is 12.8 Å². The molecule has 6 nitrogen and oxygen atoms in total. The number of likely N-dealkylation sites (tertiary alicyclic amines) is 1. The summed E-state index contributed by atoms with van der Waals surface area (Å²) < 4.78 is 44.1. The van der Waals surface area contributed by atoms with Crippen LogP contribution in [0.2, 0.25) is 0 Å². The summed E-state index contributed by atoms with van der Waals surface area (Å²) in [6.07, 6.45) is 1.33. The molecule has 1 aliphatic rings. The van der Waals surface area contributed by atoms with Gasteiger partial charge in [-0.3, -0.25) is 4.79 Å². The second kappa shape index (κ2) is 9.79. The number of hydrogen-bond acceptors (Lipinski definition) is 5. The zero-order valence-corrected chi connectivity index (χ0v) is 18.9. The smallest absolute Gasteiger partial charge is 0.417 e. The van der Waals surface area contributed by atoms with E-state index in [1.807, 2.05) is 26.0 Å². The maximum atomic E-state index is 13.7. The van der Waals surface area contributed by atoms with Crippen LogP contribution in [0.4, 0.5) is 13.2 Å². The molecule has 0 radical (unpaired) electrons. The molecule has 3 heterocycles. The number of carbonyl (C=O) groups excluding carboxylic acids is 1. The van der Waals surface area contributed by atoms with Gasteiger partial charge in [0.1, 0.15) is 6.61 Å². The van der Waals surface area contributed by atoms with Gasteiger partial charge in [0.15, 0.2) is 5.82 Å². The molecule has 0 unspecified atom stereocenters. The van der Waals surface area contributed by atoms with Gasteiger partial charge in [-0.05, 0) is 49.9 Å². The van der Waals surface area contributed by atoms with E-state index in [0.29, 0.717) is 23.5 Å². The normalized spacial score (nSPS) is 18.6. The Morgan fingerprint density at radius 3 is 2.59 bits per heavy atom. The van der Waals surface area contributed by atoms with E-state index in [1.54, 1.807) is 29.4 Å². The molecular weight excluding hydrogens is 445 g/mol. The lowest BCUT2D eigenvalue weighted by Crippen LogP contribution is -2.50. The van der Waals surface area contributed by atoms with Gasteiger partial charge in [-0.15, -0.1) is 0 Å². The predicted molar refractivity (Wildman–Crippen MR) is 120 cm³/mol. The van der Waals surface area contributed by atoms with Crippen LogP contribution < -0.4 is 4.74 Å². The topological polar surface area (TPSA) is 68.2 Å². The number of benzene rings is 1. The molecule has 2 aromatic heterocycles. The van der Waals surface area contributed by atoms with E-state index in [0.717, 1.165) is 30.7 Å². The minimum Gasteiger partial charge on any atom is -0.475 e. The number of rotatable bonds is 5. The number of ether oxygens (including phenoxy) is 1. The van der Waals surface area contributed by atoms with Crippen molar-refractivity contribution in [3.05, 3.63) is 71.7 Å². The largest absolute Gasteiger partial charge is 0.475 e. The maximum absolute atomic E-state index is 13.7. The van der Waals surface area contributed by atoms with Crippen molar-refractivity contribution in [3.8, 4) is 17.3 Å². The molecule has 178 valence electrons. The first-order valence-corrected chi connectivity index (χ1v) is 11.1. The average Bonchev–Trinajstić information content (AvgIpc) is 2.83. The number of piperidine rings is 1. The fourth-order valence-corrected chi connectivity index (χ4v) is 4.18. The summed E-state index contributed by atoms with van der Waals surface area (Å²) in [5.41, 5.74) is 1.31. The number of alkyl halides is 3. The average molecular weight is 470 g/mol. The minimum absolute atomic E-state index is 0.0897. The molecule has 0 aliphatic carbocycles. The van der Waals surface area contributed by atoms with Crippen molar-refractivity contribution in [2.24, 2.45) is 5.92 Å². The summed E-state index contributed by atoms with van der Waals surface area (Å²) in [7, 11) is 0. The second-order valence-electron chi connectivity index (χ2n) is 8.50. The third-order valence-electron chi connectivity index (χ3n) is 6.05. The SMILES string of the molecule is Cc1ccc(C(=O)N2CCC[C@@H](C)[C@H]2COc2ccc(C(F)(F)F)cn2)c(-c2ncccn2)c1. The third-order valence-corrected chi connectivity index (χ3v) is 6.05. The molecule has 1 saturated heterocycles. The van der Waals surface area contributed by atoms with E-state index in [-0.39, 0.29) is 30.4 Å². The number of nitrogens with zero attached hydrogens (tertiary/aromatic N) is 4. The monoisotopic (exact) mass is 470 g/mol. The number of halogens is 3. The van der Waals surface area contributed by atoms with Crippen LogP contribution in [-0.4, -0.2) is 45.0 Å². The fourth-order valence-electron chi connectivity index (χ4n) is 4.18. The Labute approximate surface area is 195 Å². The first kappa shape index (κ1) is 23.7. The molecule has 2 atom stereocenters. The van der Waals surface area contributed by atoms with Gasteiger partial charge in [0.2, 0.25) is 5.88 Å². The van der Waals surface area contributed by atoms with E-state index in [1.165, 1.54) is 6.07 Å². The van der Waals surface area contributed by atoms with Crippen LogP contribution in [0.15, 0.2) is 55.0 Å². The van der Waals surface area contributed by atoms with Gasteiger partial charge in [-0.25, -0.2) is 15.0 Å². The first-order valence-electron chi connectivity index (χ1n) is 11.1. The van der Waals surface area contributed by atoms with E-state index >= 15 is 0 Å². The number of pyridine rings is 1. The predicted octanol–water partition coefficient (Wildman–Crippen LogP) is 5.19. The van der Waals surface area contributed by atoms with Crippen LogP contribution in [0.3, 0.4) is 0 Å². The molecule has 0 N–H and O–H groups in total. The summed E-state index contributed by atoms with van der Waals surface area (Å²) in [4.78, 5) is 27.9. The highest BCUT2D eigenvalue weighted by Gasteiger charge is 2.34. The molecule has 4 rings (SSSR count). The van der Waals surface area contributed by atoms with E-state index < -0.39 is 11.7 Å². The highest BCUT2D eigenvalue weighted by Crippen LogP contribution is 2.31. The van der Waals surface area contributed by atoms with E-state index in [9.17, 15) is 18.0 Å². The molecule has 1 aliphatic heterocycles. The van der Waals surface area contributed by atoms with Gasteiger partial charge in [-0.1, -0.05) is 18.6 Å². The zero-order chi connectivity index (χ0) is 24.3. The summed E-state index contributed by atoms with van der Waals surface area (Å²) >= 11 is 0. The Hall–Kier alpha value is -3.49. The quantitative estimate of drug-likeness (QED) is 0.514. The molecule has 0 saturated carbocycles. The molecule has 9 heteroatoms. The highest BCUT2D eigenvalue weighted by atomic mass is 19.4. The van der Waals surface area contributed by atoms with Crippen molar-refractivity contribution in [1.82, 2.24) is 19.9 Å². The number of amides is 1. The van der Waals surface area contributed by atoms with Crippen molar-refractivity contribution in [2.45, 2.75) is 38.9 Å². The number of aromatic nitrogens is 3. The summed E-state index contributed by atoms with van der Waals surface area (Å²) in [6.45, 7) is 4.68. The Morgan fingerprint density at radius 2 is 1.91 bits per heavy atom. The number of hydrogen-bond donors (Lipinski definition) is 0. The summed E-state index contributed by atoms with van der Waals surface area (Å²) in [5.74, 6) is 0.560. The molecule has 1 fully saturated rings. The van der Waals surface area contributed by atoms with Crippen LogP contribution in [-0.2, 0) is 6.18 Å². The molecule has 1 amide bonds. The van der Waals surface area contributed by atoms with Gasteiger partial charge >= 0.3 is 6.18 Å². The van der Waals surface area contributed by atoms with Crippen LogP contribution in [0.25, 0.3) is 11.4 Å².